The molecule has 0 spiro atoms. The fourth-order valence-electron chi connectivity index (χ4n) is 3.18. The molecule has 1 aliphatic heterocycles. The summed E-state index contributed by atoms with van der Waals surface area (Å²) in [4.78, 5) is 14.6. The van der Waals surface area contributed by atoms with Crippen molar-refractivity contribution in [3.05, 3.63) is 75.8 Å². The quantitative estimate of drug-likeness (QED) is 0.651. The summed E-state index contributed by atoms with van der Waals surface area (Å²) < 4.78 is 24.8. The molecule has 4 nitrogen and oxygen atoms in total. The summed E-state index contributed by atoms with van der Waals surface area (Å²) >= 11 is 3.44. The number of carbonyl (C=O) groups is 1. The van der Waals surface area contributed by atoms with Crippen LogP contribution < -0.4 is 0 Å². The molecule has 1 saturated heterocycles. The van der Waals surface area contributed by atoms with Crippen molar-refractivity contribution in [2.75, 3.05) is 11.5 Å². The standard InChI is InChI=1S/C21H22BrNO3S/c1-16-5-7-17(8-6-16)9-10-21(24)23(20-11-12-27(25,26)15-20)14-18-3-2-4-19(22)13-18/h2-10,13,20H,11-12,14-15H2,1H3. The molecule has 6 heteroatoms. The lowest BCUT2D eigenvalue weighted by atomic mass is 10.1. The van der Waals surface area contributed by atoms with Crippen molar-refractivity contribution >= 4 is 37.8 Å². The van der Waals surface area contributed by atoms with Gasteiger partial charge >= 0.3 is 0 Å². The number of carbonyl (C=O) groups excluding carboxylic acids is 1. The van der Waals surface area contributed by atoms with Crippen LogP contribution in [0.3, 0.4) is 0 Å². The van der Waals surface area contributed by atoms with E-state index in [1.807, 2.05) is 55.5 Å². The number of halogens is 1. The Balaban J connectivity index is 1.81. The summed E-state index contributed by atoms with van der Waals surface area (Å²) in [6.45, 7) is 2.40. The third-order valence-corrected chi connectivity index (χ3v) is 6.91. The largest absolute Gasteiger partial charge is 0.331 e. The minimum atomic E-state index is -3.07. The molecule has 1 atom stereocenters. The predicted octanol–water partition coefficient (Wildman–Crippen LogP) is 3.99. The summed E-state index contributed by atoms with van der Waals surface area (Å²) in [7, 11) is -3.07. The smallest absolute Gasteiger partial charge is 0.247 e. The number of sulfone groups is 1. The summed E-state index contributed by atoms with van der Waals surface area (Å²) in [6, 6.07) is 15.3. The highest BCUT2D eigenvalue weighted by atomic mass is 79.9. The van der Waals surface area contributed by atoms with Gasteiger partial charge in [-0.2, -0.15) is 0 Å². The van der Waals surface area contributed by atoms with Crippen molar-refractivity contribution in [2.24, 2.45) is 0 Å². The molecule has 0 saturated carbocycles. The SMILES string of the molecule is Cc1ccc(C=CC(=O)N(Cc2cccc(Br)c2)C2CCS(=O)(=O)C2)cc1. The van der Waals surface area contributed by atoms with Crippen LogP contribution in [0.2, 0.25) is 0 Å². The van der Waals surface area contributed by atoms with Gasteiger partial charge in [-0.15, -0.1) is 0 Å². The Hall–Kier alpha value is -1.92. The minimum Gasteiger partial charge on any atom is -0.331 e. The predicted molar refractivity (Wildman–Crippen MR) is 112 cm³/mol. The van der Waals surface area contributed by atoms with Crippen LogP contribution in [-0.2, 0) is 21.2 Å². The molecule has 0 aromatic heterocycles. The summed E-state index contributed by atoms with van der Waals surface area (Å²) in [6.07, 6.45) is 3.80. The van der Waals surface area contributed by atoms with Crippen molar-refractivity contribution in [1.82, 2.24) is 4.90 Å². The minimum absolute atomic E-state index is 0.0329. The topological polar surface area (TPSA) is 54.5 Å². The number of benzene rings is 2. The molecule has 1 heterocycles. The summed E-state index contributed by atoms with van der Waals surface area (Å²) in [5.74, 6) is 0.00449. The van der Waals surface area contributed by atoms with Crippen LogP contribution in [0, 0.1) is 6.92 Å². The van der Waals surface area contributed by atoms with Crippen molar-refractivity contribution in [3.8, 4) is 0 Å². The highest BCUT2D eigenvalue weighted by molar-refractivity contribution is 9.10. The molecule has 1 fully saturated rings. The average Bonchev–Trinajstić information content (AvgIpc) is 2.98. The number of aryl methyl sites for hydroxylation is 1. The normalized spacial score (nSPS) is 18.7. The van der Waals surface area contributed by atoms with E-state index in [0.29, 0.717) is 13.0 Å². The van der Waals surface area contributed by atoms with E-state index in [2.05, 4.69) is 15.9 Å². The van der Waals surface area contributed by atoms with Crippen molar-refractivity contribution in [1.29, 1.82) is 0 Å². The van der Waals surface area contributed by atoms with E-state index >= 15 is 0 Å². The van der Waals surface area contributed by atoms with Gasteiger partial charge in [0, 0.05) is 23.1 Å². The number of rotatable bonds is 5. The molecule has 0 N–H and O–H groups in total. The van der Waals surface area contributed by atoms with Crippen LogP contribution in [0.1, 0.15) is 23.1 Å². The van der Waals surface area contributed by atoms with Crippen LogP contribution >= 0.6 is 15.9 Å². The fourth-order valence-corrected chi connectivity index (χ4v) is 5.36. The molecule has 0 aliphatic carbocycles. The first-order valence-electron chi connectivity index (χ1n) is 8.83. The number of nitrogens with zero attached hydrogens (tertiary/aromatic N) is 1. The van der Waals surface area contributed by atoms with Gasteiger partial charge in [0.05, 0.1) is 11.5 Å². The van der Waals surface area contributed by atoms with Crippen LogP contribution in [0.4, 0.5) is 0 Å². The highest BCUT2D eigenvalue weighted by Crippen LogP contribution is 2.22. The zero-order chi connectivity index (χ0) is 19.4. The van der Waals surface area contributed by atoms with Crippen LogP contribution in [0.25, 0.3) is 6.08 Å². The van der Waals surface area contributed by atoms with Gasteiger partial charge in [0.2, 0.25) is 5.91 Å². The lowest BCUT2D eigenvalue weighted by molar-refractivity contribution is -0.128. The third kappa shape index (κ3) is 5.53. The molecule has 2 aromatic carbocycles. The molecule has 3 rings (SSSR count). The molecular formula is C21H22BrNO3S. The summed E-state index contributed by atoms with van der Waals surface area (Å²) in [5, 5.41) is 0. The first kappa shape index (κ1) is 19.8. The molecule has 0 radical (unpaired) electrons. The first-order valence-corrected chi connectivity index (χ1v) is 11.4. The van der Waals surface area contributed by atoms with E-state index < -0.39 is 9.84 Å². The van der Waals surface area contributed by atoms with Gasteiger partial charge in [-0.25, -0.2) is 8.42 Å². The average molecular weight is 448 g/mol. The summed E-state index contributed by atoms with van der Waals surface area (Å²) in [5.41, 5.74) is 3.06. The Morgan fingerprint density at radius 1 is 1.22 bits per heavy atom. The lowest BCUT2D eigenvalue weighted by Crippen LogP contribution is -2.39. The van der Waals surface area contributed by atoms with E-state index in [0.717, 1.165) is 21.2 Å². The second-order valence-corrected chi connectivity index (χ2v) is 10.0. The van der Waals surface area contributed by atoms with E-state index in [1.165, 1.54) is 6.08 Å². The zero-order valence-electron chi connectivity index (χ0n) is 15.1. The van der Waals surface area contributed by atoms with Gasteiger partial charge in [-0.3, -0.25) is 4.79 Å². The van der Waals surface area contributed by atoms with Crippen LogP contribution in [-0.4, -0.2) is 36.8 Å². The third-order valence-electron chi connectivity index (χ3n) is 4.67. The van der Waals surface area contributed by atoms with Gasteiger partial charge in [-0.1, -0.05) is 57.9 Å². The van der Waals surface area contributed by atoms with Gasteiger partial charge in [-0.05, 0) is 42.7 Å². The molecule has 0 bridgehead atoms. The van der Waals surface area contributed by atoms with E-state index in [9.17, 15) is 13.2 Å². The maximum Gasteiger partial charge on any atom is 0.247 e. The Kier molecular flexibility index (Phi) is 6.17. The van der Waals surface area contributed by atoms with Gasteiger partial charge in [0.25, 0.3) is 0 Å². The second-order valence-electron chi connectivity index (χ2n) is 6.90. The number of amides is 1. The van der Waals surface area contributed by atoms with Crippen molar-refractivity contribution in [3.63, 3.8) is 0 Å². The van der Waals surface area contributed by atoms with Crippen LogP contribution in [0.5, 0.6) is 0 Å². The van der Waals surface area contributed by atoms with Gasteiger partial charge < -0.3 is 4.90 Å². The van der Waals surface area contributed by atoms with Crippen molar-refractivity contribution in [2.45, 2.75) is 25.9 Å². The number of hydrogen-bond donors (Lipinski definition) is 0. The zero-order valence-corrected chi connectivity index (χ0v) is 17.5. The van der Waals surface area contributed by atoms with Crippen molar-refractivity contribution < 1.29 is 13.2 Å². The fraction of sp³-hybridized carbons (Fsp3) is 0.286. The monoisotopic (exact) mass is 447 g/mol. The molecule has 27 heavy (non-hydrogen) atoms. The Morgan fingerprint density at radius 3 is 2.59 bits per heavy atom. The molecule has 1 amide bonds. The number of hydrogen-bond acceptors (Lipinski definition) is 3. The Morgan fingerprint density at radius 2 is 1.96 bits per heavy atom. The maximum absolute atomic E-state index is 12.9. The molecule has 1 aliphatic rings. The van der Waals surface area contributed by atoms with Crippen LogP contribution in [0.15, 0.2) is 59.1 Å². The molecular weight excluding hydrogens is 426 g/mol. The maximum atomic E-state index is 12.9. The van der Waals surface area contributed by atoms with E-state index in [4.69, 9.17) is 0 Å². The van der Waals surface area contributed by atoms with Gasteiger partial charge in [0.15, 0.2) is 9.84 Å². The second kappa shape index (κ2) is 8.40. The lowest BCUT2D eigenvalue weighted by Gasteiger charge is -2.27. The van der Waals surface area contributed by atoms with E-state index in [1.54, 1.807) is 11.0 Å². The molecule has 2 aromatic rings. The first-order chi connectivity index (χ1) is 12.8. The molecule has 1 unspecified atom stereocenters. The van der Waals surface area contributed by atoms with E-state index in [-0.39, 0.29) is 23.5 Å². The molecule has 142 valence electrons. The highest BCUT2D eigenvalue weighted by Gasteiger charge is 2.34. The Bertz CT molecular complexity index is 952. The van der Waals surface area contributed by atoms with Gasteiger partial charge in [0.1, 0.15) is 0 Å². The Labute approximate surface area is 168 Å².